The van der Waals surface area contributed by atoms with Crippen LogP contribution in [0.5, 0.6) is 0 Å². The lowest BCUT2D eigenvalue weighted by Crippen LogP contribution is -2.53. The molecule has 0 aromatic rings. The van der Waals surface area contributed by atoms with Crippen LogP contribution in [0.1, 0.15) is 40.0 Å². The molecule has 0 spiro atoms. The fourth-order valence-electron chi connectivity index (χ4n) is 2.82. The van der Waals surface area contributed by atoms with E-state index < -0.39 is 5.60 Å². The number of piperidine rings is 2. The summed E-state index contributed by atoms with van der Waals surface area (Å²) in [5.41, 5.74) is 5.63. The lowest BCUT2D eigenvalue weighted by atomic mass is 10.0. The molecular weight excluding hydrogens is 270 g/mol. The van der Waals surface area contributed by atoms with Gasteiger partial charge in [0, 0.05) is 19.1 Å². The van der Waals surface area contributed by atoms with Gasteiger partial charge in [-0.25, -0.2) is 4.79 Å². The summed E-state index contributed by atoms with van der Waals surface area (Å²) in [6, 6.07) is 0.0376. The van der Waals surface area contributed by atoms with Crippen LogP contribution in [0.3, 0.4) is 0 Å². The van der Waals surface area contributed by atoms with E-state index >= 15 is 0 Å². The van der Waals surface area contributed by atoms with Crippen LogP contribution >= 0.6 is 0 Å². The van der Waals surface area contributed by atoms with E-state index in [1.54, 1.807) is 4.90 Å². The Kier molecular flexibility index (Phi) is 5.46. The molecule has 2 rings (SSSR count). The van der Waals surface area contributed by atoms with Crippen molar-refractivity contribution in [3.63, 3.8) is 0 Å². The predicted octanol–water partition coefficient (Wildman–Crippen LogP) is 1.09. The maximum absolute atomic E-state index is 12.1. The first kappa shape index (κ1) is 16.5. The topological polar surface area (TPSA) is 76.8 Å². The molecule has 21 heavy (non-hydrogen) atoms. The molecule has 2 saturated heterocycles. The van der Waals surface area contributed by atoms with E-state index in [4.69, 9.17) is 15.2 Å². The first-order valence-electron chi connectivity index (χ1n) is 7.95. The molecule has 0 radical (unpaired) electrons. The van der Waals surface area contributed by atoms with Gasteiger partial charge in [0.15, 0.2) is 0 Å². The Morgan fingerprint density at radius 3 is 2.76 bits per heavy atom. The molecule has 2 aliphatic rings. The number of hydrogen-bond acceptors (Lipinski definition) is 5. The molecule has 0 aromatic heterocycles. The third kappa shape index (κ3) is 5.13. The molecule has 3 N–H and O–H groups in total. The van der Waals surface area contributed by atoms with Crippen LogP contribution in [0.25, 0.3) is 0 Å². The van der Waals surface area contributed by atoms with E-state index in [1.807, 2.05) is 20.8 Å². The maximum atomic E-state index is 12.1. The Labute approximate surface area is 127 Å². The van der Waals surface area contributed by atoms with Gasteiger partial charge in [0.25, 0.3) is 0 Å². The van der Waals surface area contributed by atoms with Crippen molar-refractivity contribution >= 4 is 6.09 Å². The SMILES string of the molecule is CC(C)(C)OC(=O)N1CCCC(OC2CCNCC2N)C1. The van der Waals surface area contributed by atoms with E-state index in [2.05, 4.69) is 5.32 Å². The van der Waals surface area contributed by atoms with Gasteiger partial charge in [0.2, 0.25) is 0 Å². The summed E-state index contributed by atoms with van der Waals surface area (Å²) in [6.07, 6.45) is 2.78. The monoisotopic (exact) mass is 299 g/mol. The summed E-state index contributed by atoms with van der Waals surface area (Å²) in [6.45, 7) is 8.75. The van der Waals surface area contributed by atoms with Crippen molar-refractivity contribution in [2.75, 3.05) is 26.2 Å². The highest BCUT2D eigenvalue weighted by Crippen LogP contribution is 2.20. The minimum atomic E-state index is -0.456. The fourth-order valence-corrected chi connectivity index (χ4v) is 2.82. The number of amides is 1. The highest BCUT2D eigenvalue weighted by atomic mass is 16.6. The molecular formula is C15H29N3O3. The second-order valence-corrected chi connectivity index (χ2v) is 7.02. The molecule has 3 unspecified atom stereocenters. The minimum Gasteiger partial charge on any atom is -0.444 e. The van der Waals surface area contributed by atoms with Crippen LogP contribution in [-0.4, -0.2) is 61.0 Å². The number of nitrogens with two attached hydrogens (primary N) is 1. The molecule has 1 amide bonds. The molecule has 2 heterocycles. The normalized spacial score (nSPS) is 31.0. The number of likely N-dealkylation sites (tertiary alicyclic amines) is 1. The number of hydrogen-bond donors (Lipinski definition) is 2. The number of nitrogens with zero attached hydrogens (tertiary/aromatic N) is 1. The standard InChI is InChI=1S/C15H29N3O3/c1-15(2,3)21-14(19)18-8-4-5-11(10-18)20-13-6-7-17-9-12(13)16/h11-13,17H,4-10,16H2,1-3H3. The molecule has 6 nitrogen and oxygen atoms in total. The van der Waals surface area contributed by atoms with Crippen molar-refractivity contribution in [3.8, 4) is 0 Å². The summed E-state index contributed by atoms with van der Waals surface area (Å²) in [4.78, 5) is 13.9. The summed E-state index contributed by atoms with van der Waals surface area (Å²) < 4.78 is 11.6. The average molecular weight is 299 g/mol. The third-order valence-corrected chi connectivity index (χ3v) is 3.86. The van der Waals surface area contributed by atoms with E-state index in [1.165, 1.54) is 0 Å². The molecule has 0 aliphatic carbocycles. The Bertz CT molecular complexity index is 357. The van der Waals surface area contributed by atoms with Crippen LogP contribution in [-0.2, 0) is 9.47 Å². The van der Waals surface area contributed by atoms with Crippen molar-refractivity contribution in [1.29, 1.82) is 0 Å². The van der Waals surface area contributed by atoms with Crippen molar-refractivity contribution in [2.24, 2.45) is 5.73 Å². The molecule has 0 saturated carbocycles. The largest absolute Gasteiger partial charge is 0.444 e. The fraction of sp³-hybridized carbons (Fsp3) is 0.933. The zero-order chi connectivity index (χ0) is 15.5. The highest BCUT2D eigenvalue weighted by molar-refractivity contribution is 5.68. The van der Waals surface area contributed by atoms with Gasteiger partial charge < -0.3 is 25.4 Å². The maximum Gasteiger partial charge on any atom is 0.410 e. The smallest absolute Gasteiger partial charge is 0.410 e. The van der Waals surface area contributed by atoms with Crippen LogP contribution in [0.4, 0.5) is 4.79 Å². The van der Waals surface area contributed by atoms with E-state index in [9.17, 15) is 4.79 Å². The first-order chi connectivity index (χ1) is 9.85. The molecule has 122 valence electrons. The number of carbonyl (C=O) groups excluding carboxylic acids is 1. The van der Waals surface area contributed by atoms with Gasteiger partial charge in [-0.3, -0.25) is 0 Å². The molecule has 0 aromatic carbocycles. The molecule has 0 bridgehead atoms. The van der Waals surface area contributed by atoms with Crippen LogP contribution in [0, 0.1) is 0 Å². The lowest BCUT2D eigenvalue weighted by Gasteiger charge is -2.38. The zero-order valence-electron chi connectivity index (χ0n) is 13.4. The zero-order valence-corrected chi connectivity index (χ0v) is 13.4. The summed E-state index contributed by atoms with van der Waals surface area (Å²) in [5, 5.41) is 3.26. The number of carbonyl (C=O) groups is 1. The van der Waals surface area contributed by atoms with Gasteiger partial charge in [-0.1, -0.05) is 0 Å². The molecule has 2 fully saturated rings. The van der Waals surface area contributed by atoms with E-state index in [-0.39, 0.29) is 24.3 Å². The number of nitrogens with one attached hydrogen (secondary N) is 1. The van der Waals surface area contributed by atoms with Gasteiger partial charge in [0.1, 0.15) is 5.60 Å². The summed E-state index contributed by atoms with van der Waals surface area (Å²) in [5.74, 6) is 0. The lowest BCUT2D eigenvalue weighted by molar-refractivity contribution is -0.0678. The Hall–Kier alpha value is -0.850. The van der Waals surface area contributed by atoms with Gasteiger partial charge >= 0.3 is 6.09 Å². The van der Waals surface area contributed by atoms with E-state index in [0.717, 1.165) is 38.9 Å². The Morgan fingerprint density at radius 2 is 2.10 bits per heavy atom. The van der Waals surface area contributed by atoms with Gasteiger partial charge in [-0.05, 0) is 46.6 Å². The van der Waals surface area contributed by atoms with Gasteiger partial charge in [-0.15, -0.1) is 0 Å². The van der Waals surface area contributed by atoms with Crippen molar-refractivity contribution < 1.29 is 14.3 Å². The Balaban J connectivity index is 1.84. The van der Waals surface area contributed by atoms with Gasteiger partial charge in [0.05, 0.1) is 18.8 Å². The van der Waals surface area contributed by atoms with Crippen molar-refractivity contribution in [1.82, 2.24) is 10.2 Å². The molecule has 6 heteroatoms. The number of rotatable bonds is 2. The second-order valence-electron chi connectivity index (χ2n) is 7.02. The quantitative estimate of drug-likeness (QED) is 0.798. The summed E-state index contributed by atoms with van der Waals surface area (Å²) >= 11 is 0. The molecule has 2 aliphatic heterocycles. The Morgan fingerprint density at radius 1 is 1.33 bits per heavy atom. The summed E-state index contributed by atoms with van der Waals surface area (Å²) in [7, 11) is 0. The number of ether oxygens (including phenoxy) is 2. The van der Waals surface area contributed by atoms with Crippen LogP contribution < -0.4 is 11.1 Å². The highest BCUT2D eigenvalue weighted by Gasteiger charge is 2.31. The van der Waals surface area contributed by atoms with Gasteiger partial charge in [-0.2, -0.15) is 0 Å². The average Bonchev–Trinajstić information content (AvgIpc) is 2.40. The second kappa shape index (κ2) is 6.94. The van der Waals surface area contributed by atoms with Crippen LogP contribution in [0.2, 0.25) is 0 Å². The minimum absolute atomic E-state index is 0.0376. The van der Waals surface area contributed by atoms with E-state index in [0.29, 0.717) is 6.54 Å². The molecule has 3 atom stereocenters. The van der Waals surface area contributed by atoms with Crippen molar-refractivity contribution in [2.45, 2.75) is 63.9 Å². The van der Waals surface area contributed by atoms with Crippen LogP contribution in [0.15, 0.2) is 0 Å². The van der Waals surface area contributed by atoms with Crippen molar-refractivity contribution in [3.05, 3.63) is 0 Å². The third-order valence-electron chi connectivity index (χ3n) is 3.86. The first-order valence-corrected chi connectivity index (χ1v) is 7.95. The predicted molar refractivity (Wildman–Crippen MR) is 81.2 cm³/mol.